The van der Waals surface area contributed by atoms with Crippen LogP contribution in [0.1, 0.15) is 52.4 Å². The molecule has 2 amide bonds. The smallest absolute Gasteiger partial charge is 0.410 e. The van der Waals surface area contributed by atoms with Gasteiger partial charge < -0.3 is 19.4 Å². The van der Waals surface area contributed by atoms with Crippen LogP contribution in [0.4, 0.5) is 10.5 Å². The van der Waals surface area contributed by atoms with Gasteiger partial charge in [-0.3, -0.25) is 4.79 Å². The molecule has 6 nitrogen and oxygen atoms in total. The summed E-state index contributed by atoms with van der Waals surface area (Å²) >= 11 is 6.02. The van der Waals surface area contributed by atoms with Crippen molar-refractivity contribution < 1.29 is 14.3 Å². The van der Waals surface area contributed by atoms with Gasteiger partial charge in [0.15, 0.2) is 0 Å². The van der Waals surface area contributed by atoms with Gasteiger partial charge in [-0.2, -0.15) is 0 Å². The standard InChI is InChI=1S/C23H32ClN3O3/c1-3-30-23(29)27-20-8-9-21(27)15-22(14-20)25-12-10-19(11-13-25)26(16(2)28)18-6-4-17(24)5-7-18/h4-7,19-22H,3,8-15H2,1-2H3. The molecule has 3 aliphatic heterocycles. The van der Waals surface area contributed by atoms with E-state index in [-0.39, 0.29) is 18.0 Å². The molecule has 7 heteroatoms. The number of rotatable bonds is 4. The van der Waals surface area contributed by atoms with Crippen molar-refractivity contribution in [1.82, 2.24) is 9.80 Å². The fraction of sp³-hybridized carbons (Fsp3) is 0.652. The molecule has 30 heavy (non-hydrogen) atoms. The summed E-state index contributed by atoms with van der Waals surface area (Å²) in [6.45, 7) is 5.93. The first-order valence-corrected chi connectivity index (χ1v) is 11.6. The number of amides is 2. The SMILES string of the molecule is CCOC(=O)N1C2CCC1CC(N1CCC(N(C(C)=O)c3ccc(Cl)cc3)CC1)C2. The first-order valence-electron chi connectivity index (χ1n) is 11.2. The Morgan fingerprint density at radius 3 is 2.17 bits per heavy atom. The molecule has 0 spiro atoms. The minimum atomic E-state index is -0.137. The fourth-order valence-electron chi connectivity index (χ4n) is 5.70. The lowest BCUT2D eigenvalue weighted by Crippen LogP contribution is -2.55. The van der Waals surface area contributed by atoms with E-state index in [9.17, 15) is 9.59 Å². The molecule has 1 aromatic rings. The molecule has 0 aliphatic carbocycles. The van der Waals surface area contributed by atoms with Gasteiger partial charge in [0.2, 0.25) is 5.91 Å². The molecular formula is C23H32ClN3O3. The Hall–Kier alpha value is -1.79. The lowest BCUT2D eigenvalue weighted by Gasteiger charge is -2.46. The van der Waals surface area contributed by atoms with Gasteiger partial charge in [-0.1, -0.05) is 11.6 Å². The number of carbonyl (C=O) groups excluding carboxylic acids is 2. The number of anilines is 1. The highest BCUT2D eigenvalue weighted by Crippen LogP contribution is 2.39. The van der Waals surface area contributed by atoms with E-state index in [1.54, 1.807) is 6.92 Å². The van der Waals surface area contributed by atoms with Crippen LogP contribution < -0.4 is 4.90 Å². The van der Waals surface area contributed by atoms with Crippen molar-refractivity contribution in [1.29, 1.82) is 0 Å². The molecule has 1 aromatic carbocycles. The summed E-state index contributed by atoms with van der Waals surface area (Å²) in [5.74, 6) is 0.0801. The van der Waals surface area contributed by atoms with Crippen LogP contribution in [0.5, 0.6) is 0 Å². The van der Waals surface area contributed by atoms with Gasteiger partial charge in [0.1, 0.15) is 0 Å². The molecule has 0 N–H and O–H groups in total. The largest absolute Gasteiger partial charge is 0.450 e. The second-order valence-electron chi connectivity index (χ2n) is 8.75. The highest BCUT2D eigenvalue weighted by molar-refractivity contribution is 6.30. The quantitative estimate of drug-likeness (QED) is 0.710. The van der Waals surface area contributed by atoms with Crippen molar-refractivity contribution in [3.05, 3.63) is 29.3 Å². The third-order valence-corrected chi connectivity index (χ3v) is 7.26. The van der Waals surface area contributed by atoms with Crippen molar-refractivity contribution in [2.24, 2.45) is 0 Å². The molecule has 2 atom stereocenters. The van der Waals surface area contributed by atoms with Crippen molar-refractivity contribution in [2.45, 2.75) is 76.5 Å². The Balaban J connectivity index is 1.36. The van der Waals surface area contributed by atoms with E-state index < -0.39 is 0 Å². The number of piperidine rings is 2. The molecule has 0 saturated carbocycles. The van der Waals surface area contributed by atoms with Gasteiger partial charge in [-0.15, -0.1) is 0 Å². The zero-order valence-electron chi connectivity index (χ0n) is 17.9. The predicted octanol–water partition coefficient (Wildman–Crippen LogP) is 4.31. The number of fused-ring (bicyclic) bond motifs is 2. The van der Waals surface area contributed by atoms with Gasteiger partial charge in [0, 0.05) is 54.9 Å². The molecule has 3 aliphatic rings. The van der Waals surface area contributed by atoms with Crippen LogP contribution in [0.15, 0.2) is 24.3 Å². The lowest BCUT2D eigenvalue weighted by molar-refractivity contribution is -0.117. The van der Waals surface area contributed by atoms with E-state index in [0.29, 0.717) is 29.8 Å². The molecule has 0 radical (unpaired) electrons. The highest BCUT2D eigenvalue weighted by Gasteiger charge is 2.45. The summed E-state index contributed by atoms with van der Waals surface area (Å²) in [6.07, 6.45) is 6.05. The zero-order valence-corrected chi connectivity index (χ0v) is 18.7. The zero-order chi connectivity index (χ0) is 21.3. The van der Waals surface area contributed by atoms with Crippen LogP contribution >= 0.6 is 11.6 Å². The number of ether oxygens (including phenoxy) is 1. The summed E-state index contributed by atoms with van der Waals surface area (Å²) in [7, 11) is 0. The Morgan fingerprint density at radius 2 is 1.63 bits per heavy atom. The molecule has 2 bridgehead atoms. The average molecular weight is 434 g/mol. The van der Waals surface area contributed by atoms with Crippen LogP contribution in [-0.2, 0) is 9.53 Å². The number of carbonyl (C=O) groups is 2. The van der Waals surface area contributed by atoms with Crippen LogP contribution in [0.2, 0.25) is 5.02 Å². The molecule has 0 aromatic heterocycles. The van der Waals surface area contributed by atoms with Gasteiger partial charge >= 0.3 is 6.09 Å². The monoisotopic (exact) mass is 433 g/mol. The molecule has 3 saturated heterocycles. The summed E-state index contributed by atoms with van der Waals surface area (Å²) in [5.41, 5.74) is 0.922. The van der Waals surface area contributed by atoms with E-state index >= 15 is 0 Å². The van der Waals surface area contributed by atoms with E-state index in [1.165, 1.54) is 0 Å². The number of halogens is 1. The first-order chi connectivity index (χ1) is 14.5. The average Bonchev–Trinajstić information content (AvgIpc) is 3.00. The van der Waals surface area contributed by atoms with Crippen LogP contribution in [-0.4, -0.2) is 65.7 Å². The van der Waals surface area contributed by atoms with Crippen LogP contribution in [0.3, 0.4) is 0 Å². The predicted molar refractivity (Wildman–Crippen MR) is 118 cm³/mol. The number of likely N-dealkylation sites (tertiary alicyclic amines) is 1. The topological polar surface area (TPSA) is 53.1 Å². The van der Waals surface area contributed by atoms with Gasteiger partial charge in [-0.25, -0.2) is 4.79 Å². The third kappa shape index (κ3) is 4.30. The van der Waals surface area contributed by atoms with Gasteiger partial charge in [0.05, 0.1) is 6.61 Å². The minimum Gasteiger partial charge on any atom is -0.450 e. The van der Waals surface area contributed by atoms with Crippen LogP contribution in [0.25, 0.3) is 0 Å². The molecular weight excluding hydrogens is 402 g/mol. The van der Waals surface area contributed by atoms with Crippen LogP contribution in [0, 0.1) is 0 Å². The molecule has 164 valence electrons. The van der Waals surface area contributed by atoms with E-state index in [0.717, 1.165) is 57.3 Å². The maximum absolute atomic E-state index is 12.4. The summed E-state index contributed by atoms with van der Waals surface area (Å²) < 4.78 is 5.28. The minimum absolute atomic E-state index is 0.0801. The first kappa shape index (κ1) is 21.4. The molecule has 3 heterocycles. The van der Waals surface area contributed by atoms with Gasteiger partial charge in [0.25, 0.3) is 0 Å². The van der Waals surface area contributed by atoms with E-state index in [2.05, 4.69) is 4.90 Å². The molecule has 4 rings (SSSR count). The molecule has 2 unspecified atom stereocenters. The normalized spacial score (nSPS) is 27.2. The Labute approximate surface area is 184 Å². The van der Waals surface area contributed by atoms with E-state index in [1.807, 2.05) is 41.0 Å². The Morgan fingerprint density at radius 1 is 1.03 bits per heavy atom. The summed E-state index contributed by atoms with van der Waals surface area (Å²) in [6, 6.07) is 8.91. The van der Waals surface area contributed by atoms with Crippen molar-refractivity contribution in [3.63, 3.8) is 0 Å². The number of hydrogen-bond donors (Lipinski definition) is 0. The lowest BCUT2D eigenvalue weighted by atomic mass is 9.93. The van der Waals surface area contributed by atoms with Crippen molar-refractivity contribution in [3.8, 4) is 0 Å². The molecule has 3 fully saturated rings. The number of hydrogen-bond acceptors (Lipinski definition) is 4. The summed E-state index contributed by atoms with van der Waals surface area (Å²) in [5, 5.41) is 0.681. The van der Waals surface area contributed by atoms with Gasteiger partial charge in [-0.05, 0) is 69.7 Å². The maximum atomic E-state index is 12.4. The van der Waals surface area contributed by atoms with Crippen molar-refractivity contribution in [2.75, 3.05) is 24.6 Å². The second kappa shape index (κ2) is 9.15. The highest BCUT2D eigenvalue weighted by atomic mass is 35.5. The van der Waals surface area contributed by atoms with Crippen molar-refractivity contribution >= 4 is 29.3 Å². The summed E-state index contributed by atoms with van der Waals surface area (Å²) in [4.78, 5) is 31.2. The Kier molecular flexibility index (Phi) is 6.54. The number of benzene rings is 1. The fourth-order valence-corrected chi connectivity index (χ4v) is 5.83. The third-order valence-electron chi connectivity index (χ3n) is 7.01. The maximum Gasteiger partial charge on any atom is 0.410 e. The second-order valence-corrected chi connectivity index (χ2v) is 9.19. The van der Waals surface area contributed by atoms with E-state index in [4.69, 9.17) is 16.3 Å². The Bertz CT molecular complexity index is 749. The number of nitrogens with zero attached hydrogens (tertiary/aromatic N) is 3.